The maximum Gasteiger partial charge on any atom is 0.123 e. The van der Waals surface area contributed by atoms with Crippen molar-refractivity contribution in [2.45, 2.75) is 20.0 Å². The summed E-state index contributed by atoms with van der Waals surface area (Å²) in [6, 6.07) is 8.52. The average molecular weight is 244 g/mol. The standard InChI is InChI=1S/C14H16N2O2/c1-10-3-2-6-16-13(10)9-15-8-11-4-5-12(17)7-14(11)18/h2-7,15,17-18H,8-9H2,1H3. The van der Waals surface area contributed by atoms with Gasteiger partial charge in [0.05, 0.1) is 5.69 Å². The van der Waals surface area contributed by atoms with Gasteiger partial charge in [0.2, 0.25) is 0 Å². The van der Waals surface area contributed by atoms with E-state index in [1.54, 1.807) is 18.3 Å². The van der Waals surface area contributed by atoms with Crippen molar-refractivity contribution >= 4 is 0 Å². The summed E-state index contributed by atoms with van der Waals surface area (Å²) in [6.45, 7) is 3.19. The normalized spacial score (nSPS) is 10.5. The second-order valence-corrected chi connectivity index (χ2v) is 4.18. The number of benzene rings is 1. The minimum atomic E-state index is 0.0665. The van der Waals surface area contributed by atoms with Crippen LogP contribution in [0.15, 0.2) is 36.5 Å². The van der Waals surface area contributed by atoms with Gasteiger partial charge in [0.15, 0.2) is 0 Å². The van der Waals surface area contributed by atoms with E-state index >= 15 is 0 Å². The number of hydrogen-bond donors (Lipinski definition) is 3. The molecule has 2 aromatic rings. The van der Waals surface area contributed by atoms with Gasteiger partial charge in [-0.3, -0.25) is 4.98 Å². The maximum absolute atomic E-state index is 9.63. The molecular formula is C14H16N2O2. The van der Waals surface area contributed by atoms with Crippen LogP contribution in [0.1, 0.15) is 16.8 Å². The molecule has 0 aliphatic carbocycles. The fourth-order valence-electron chi connectivity index (χ4n) is 1.72. The minimum absolute atomic E-state index is 0.0665. The smallest absolute Gasteiger partial charge is 0.123 e. The van der Waals surface area contributed by atoms with Gasteiger partial charge in [-0.25, -0.2) is 0 Å². The Morgan fingerprint density at radius 1 is 1.17 bits per heavy atom. The summed E-state index contributed by atoms with van der Waals surface area (Å²) in [7, 11) is 0. The molecule has 0 atom stereocenters. The lowest BCUT2D eigenvalue weighted by molar-refractivity contribution is 0.443. The van der Waals surface area contributed by atoms with Crippen molar-refractivity contribution in [3.8, 4) is 11.5 Å². The Labute approximate surface area is 106 Å². The minimum Gasteiger partial charge on any atom is -0.508 e. The molecule has 1 aromatic carbocycles. The van der Waals surface area contributed by atoms with Crippen molar-refractivity contribution in [1.29, 1.82) is 0 Å². The van der Waals surface area contributed by atoms with Crippen LogP contribution in [0, 0.1) is 6.92 Å². The molecule has 18 heavy (non-hydrogen) atoms. The van der Waals surface area contributed by atoms with Gasteiger partial charge in [-0.15, -0.1) is 0 Å². The van der Waals surface area contributed by atoms with E-state index in [0.29, 0.717) is 13.1 Å². The molecule has 0 saturated carbocycles. The number of pyridine rings is 1. The van der Waals surface area contributed by atoms with Gasteiger partial charge < -0.3 is 15.5 Å². The van der Waals surface area contributed by atoms with Gasteiger partial charge in [0, 0.05) is 30.9 Å². The van der Waals surface area contributed by atoms with E-state index in [4.69, 9.17) is 0 Å². The van der Waals surface area contributed by atoms with E-state index < -0.39 is 0 Å². The van der Waals surface area contributed by atoms with Crippen LogP contribution in [0.2, 0.25) is 0 Å². The van der Waals surface area contributed by atoms with Crippen LogP contribution in [0.3, 0.4) is 0 Å². The van der Waals surface area contributed by atoms with Crippen molar-refractivity contribution in [3.05, 3.63) is 53.3 Å². The SMILES string of the molecule is Cc1cccnc1CNCc1ccc(O)cc1O. The van der Waals surface area contributed by atoms with Gasteiger partial charge in [-0.1, -0.05) is 12.1 Å². The van der Waals surface area contributed by atoms with E-state index in [1.165, 1.54) is 6.07 Å². The summed E-state index contributed by atoms with van der Waals surface area (Å²) in [6.07, 6.45) is 1.77. The van der Waals surface area contributed by atoms with E-state index in [1.807, 2.05) is 19.1 Å². The molecule has 0 unspecified atom stereocenters. The molecule has 0 aliphatic rings. The molecule has 1 heterocycles. The predicted molar refractivity (Wildman–Crippen MR) is 69.3 cm³/mol. The van der Waals surface area contributed by atoms with Gasteiger partial charge in [0.25, 0.3) is 0 Å². The highest BCUT2D eigenvalue weighted by molar-refractivity contribution is 5.38. The first-order chi connectivity index (χ1) is 8.66. The lowest BCUT2D eigenvalue weighted by Gasteiger charge is -2.08. The number of aromatic nitrogens is 1. The molecular weight excluding hydrogens is 228 g/mol. The van der Waals surface area contributed by atoms with Crippen molar-refractivity contribution in [2.24, 2.45) is 0 Å². The van der Waals surface area contributed by atoms with Gasteiger partial charge in [-0.05, 0) is 24.6 Å². The van der Waals surface area contributed by atoms with E-state index in [0.717, 1.165) is 16.8 Å². The molecule has 0 aliphatic heterocycles. The molecule has 0 saturated heterocycles. The second-order valence-electron chi connectivity index (χ2n) is 4.18. The van der Waals surface area contributed by atoms with E-state index in [-0.39, 0.29) is 11.5 Å². The van der Waals surface area contributed by atoms with Crippen LogP contribution in [0.5, 0.6) is 11.5 Å². The monoisotopic (exact) mass is 244 g/mol. The van der Waals surface area contributed by atoms with Crippen molar-refractivity contribution in [1.82, 2.24) is 10.3 Å². The van der Waals surface area contributed by atoms with E-state index in [9.17, 15) is 10.2 Å². The Bertz CT molecular complexity index is 541. The third kappa shape index (κ3) is 2.99. The first-order valence-electron chi connectivity index (χ1n) is 5.79. The number of hydrogen-bond acceptors (Lipinski definition) is 4. The van der Waals surface area contributed by atoms with Gasteiger partial charge in [-0.2, -0.15) is 0 Å². The number of nitrogens with one attached hydrogen (secondary N) is 1. The Balaban J connectivity index is 1.95. The second kappa shape index (κ2) is 5.51. The number of rotatable bonds is 4. The van der Waals surface area contributed by atoms with Crippen LogP contribution in [0.25, 0.3) is 0 Å². The average Bonchev–Trinajstić information content (AvgIpc) is 2.34. The topological polar surface area (TPSA) is 65.4 Å². The zero-order valence-corrected chi connectivity index (χ0v) is 10.2. The lowest BCUT2D eigenvalue weighted by Crippen LogP contribution is -2.14. The number of aryl methyl sites for hydroxylation is 1. The molecule has 3 N–H and O–H groups in total. The summed E-state index contributed by atoms with van der Waals surface area (Å²) in [5, 5.41) is 22.0. The zero-order valence-electron chi connectivity index (χ0n) is 10.2. The Morgan fingerprint density at radius 3 is 2.72 bits per heavy atom. The van der Waals surface area contributed by atoms with E-state index in [2.05, 4.69) is 10.3 Å². The molecule has 4 nitrogen and oxygen atoms in total. The fourth-order valence-corrected chi connectivity index (χ4v) is 1.72. The highest BCUT2D eigenvalue weighted by Crippen LogP contribution is 2.22. The first kappa shape index (κ1) is 12.4. The molecule has 94 valence electrons. The number of aromatic hydroxyl groups is 2. The number of nitrogens with zero attached hydrogens (tertiary/aromatic N) is 1. The predicted octanol–water partition coefficient (Wildman–Crippen LogP) is 2.09. The van der Waals surface area contributed by atoms with Crippen LogP contribution >= 0.6 is 0 Å². The Hall–Kier alpha value is -2.07. The van der Waals surface area contributed by atoms with Gasteiger partial charge >= 0.3 is 0 Å². The molecule has 0 radical (unpaired) electrons. The summed E-state index contributed by atoms with van der Waals surface area (Å²) in [5.74, 6) is 0.164. The summed E-state index contributed by atoms with van der Waals surface area (Å²) < 4.78 is 0. The molecule has 0 bridgehead atoms. The lowest BCUT2D eigenvalue weighted by atomic mass is 10.2. The van der Waals surface area contributed by atoms with Crippen molar-refractivity contribution < 1.29 is 10.2 Å². The molecule has 0 fully saturated rings. The largest absolute Gasteiger partial charge is 0.508 e. The molecule has 2 rings (SSSR count). The van der Waals surface area contributed by atoms with Crippen LogP contribution in [-0.4, -0.2) is 15.2 Å². The van der Waals surface area contributed by atoms with Crippen LogP contribution in [-0.2, 0) is 13.1 Å². The third-order valence-electron chi connectivity index (χ3n) is 2.79. The van der Waals surface area contributed by atoms with Crippen molar-refractivity contribution in [2.75, 3.05) is 0 Å². The quantitative estimate of drug-likeness (QED) is 0.770. The highest BCUT2D eigenvalue weighted by Gasteiger charge is 2.03. The van der Waals surface area contributed by atoms with Crippen LogP contribution in [0.4, 0.5) is 0 Å². The zero-order chi connectivity index (χ0) is 13.0. The summed E-state index contributed by atoms with van der Waals surface area (Å²) in [4.78, 5) is 4.28. The van der Waals surface area contributed by atoms with Crippen LogP contribution < -0.4 is 5.32 Å². The number of phenols is 2. The number of phenolic OH excluding ortho intramolecular Hbond substituents is 2. The third-order valence-corrected chi connectivity index (χ3v) is 2.79. The maximum atomic E-state index is 9.63. The summed E-state index contributed by atoms with van der Waals surface area (Å²) >= 11 is 0. The highest BCUT2D eigenvalue weighted by atomic mass is 16.3. The molecule has 1 aromatic heterocycles. The van der Waals surface area contributed by atoms with Gasteiger partial charge in [0.1, 0.15) is 11.5 Å². The van der Waals surface area contributed by atoms with Crippen molar-refractivity contribution in [3.63, 3.8) is 0 Å². The Kier molecular flexibility index (Phi) is 3.79. The molecule has 4 heteroatoms. The summed E-state index contributed by atoms with van der Waals surface area (Å²) in [5.41, 5.74) is 2.89. The fraction of sp³-hybridized carbons (Fsp3) is 0.214. The molecule has 0 spiro atoms. The first-order valence-corrected chi connectivity index (χ1v) is 5.79. The Morgan fingerprint density at radius 2 is 2.00 bits per heavy atom. The molecule has 0 amide bonds.